The van der Waals surface area contributed by atoms with Crippen molar-refractivity contribution in [1.82, 2.24) is 10.3 Å². The summed E-state index contributed by atoms with van der Waals surface area (Å²) in [5.74, 6) is 2.57. The molecule has 1 saturated carbocycles. The third-order valence-electron chi connectivity index (χ3n) is 3.84. The Hall–Kier alpha value is 0.290. The van der Waals surface area contributed by atoms with Crippen molar-refractivity contribution in [2.45, 2.75) is 62.6 Å². The first-order chi connectivity index (χ1) is 9.78. The van der Waals surface area contributed by atoms with Crippen LogP contribution in [-0.2, 0) is 13.0 Å². The zero-order valence-corrected chi connectivity index (χ0v) is 14.8. The molecule has 0 aromatic carbocycles. The fourth-order valence-corrected chi connectivity index (χ4v) is 6.74. The average molecular weight is 329 g/mol. The number of aromatic nitrogens is 1. The predicted octanol–water partition coefficient (Wildman–Crippen LogP) is 4.26. The quantitative estimate of drug-likeness (QED) is 0.843. The normalized spacial score (nSPS) is 26.9. The first-order valence-corrected chi connectivity index (χ1v) is 10.6. The molecule has 2 fully saturated rings. The predicted molar refractivity (Wildman–Crippen MR) is 93.1 cm³/mol. The van der Waals surface area contributed by atoms with Crippen LogP contribution in [0.25, 0.3) is 0 Å². The third-order valence-corrected chi connectivity index (χ3v) is 8.27. The van der Waals surface area contributed by atoms with E-state index in [1.54, 1.807) is 0 Å². The van der Waals surface area contributed by atoms with Crippen molar-refractivity contribution < 1.29 is 0 Å². The summed E-state index contributed by atoms with van der Waals surface area (Å²) in [5, 5.41) is 6.36. The van der Waals surface area contributed by atoms with Gasteiger partial charge in [0, 0.05) is 34.2 Å². The second-order valence-electron chi connectivity index (χ2n) is 5.69. The van der Waals surface area contributed by atoms with Crippen LogP contribution in [0.2, 0.25) is 0 Å². The fraction of sp³-hybridized carbons (Fsp3) is 0.800. The number of hydrogen-bond acceptors (Lipinski definition) is 5. The molecule has 20 heavy (non-hydrogen) atoms. The number of aryl methyl sites for hydroxylation is 1. The number of nitrogens with one attached hydrogen (secondary N) is 1. The maximum absolute atomic E-state index is 5.02. The molecule has 2 nitrogen and oxygen atoms in total. The molecule has 5 heteroatoms. The summed E-state index contributed by atoms with van der Waals surface area (Å²) in [6, 6.07) is 0.786. The SMILES string of the molecule is CCCc1nc(C2SCCSC2C)sc1CNC1CC1. The Morgan fingerprint density at radius 2 is 2.05 bits per heavy atom. The van der Waals surface area contributed by atoms with Crippen molar-refractivity contribution in [3.05, 3.63) is 15.6 Å². The summed E-state index contributed by atoms with van der Waals surface area (Å²) < 4.78 is 0. The lowest BCUT2D eigenvalue weighted by molar-refractivity contribution is 0.686. The van der Waals surface area contributed by atoms with E-state index in [1.807, 2.05) is 11.3 Å². The lowest BCUT2D eigenvalue weighted by Crippen LogP contribution is -2.15. The molecule has 1 aromatic rings. The molecular formula is C15H24N2S3. The van der Waals surface area contributed by atoms with Crippen molar-refractivity contribution in [2.24, 2.45) is 0 Å². The van der Waals surface area contributed by atoms with E-state index in [4.69, 9.17) is 4.98 Å². The summed E-state index contributed by atoms with van der Waals surface area (Å²) >= 11 is 6.19. The standard InChI is InChI=1S/C15H24N2S3/c1-3-4-12-13(9-16-11-5-6-11)20-15(17-12)14-10(2)18-7-8-19-14/h10-11,14,16H,3-9H2,1-2H3. The Balaban J connectivity index is 1.73. The Bertz CT molecular complexity index is 442. The first-order valence-electron chi connectivity index (χ1n) is 7.73. The lowest BCUT2D eigenvalue weighted by Gasteiger charge is -2.25. The minimum absolute atomic E-state index is 0.615. The highest BCUT2D eigenvalue weighted by Gasteiger charge is 2.28. The number of thiazole rings is 1. The van der Waals surface area contributed by atoms with E-state index in [1.165, 1.54) is 46.3 Å². The van der Waals surface area contributed by atoms with Crippen molar-refractivity contribution in [3.63, 3.8) is 0 Å². The van der Waals surface area contributed by atoms with Gasteiger partial charge in [0.15, 0.2) is 0 Å². The molecule has 1 N–H and O–H groups in total. The van der Waals surface area contributed by atoms with E-state index in [0.29, 0.717) is 10.5 Å². The largest absolute Gasteiger partial charge is 0.309 e. The van der Waals surface area contributed by atoms with Gasteiger partial charge in [-0.25, -0.2) is 4.98 Å². The molecule has 1 aliphatic carbocycles. The van der Waals surface area contributed by atoms with Gasteiger partial charge >= 0.3 is 0 Å². The van der Waals surface area contributed by atoms with Gasteiger partial charge in [0.25, 0.3) is 0 Å². The molecule has 0 amide bonds. The fourth-order valence-electron chi connectivity index (χ4n) is 2.52. The van der Waals surface area contributed by atoms with Crippen molar-refractivity contribution in [1.29, 1.82) is 0 Å². The van der Waals surface area contributed by atoms with Gasteiger partial charge in [0.05, 0.1) is 10.9 Å². The van der Waals surface area contributed by atoms with E-state index in [2.05, 4.69) is 42.7 Å². The van der Waals surface area contributed by atoms with Gasteiger partial charge in [-0.2, -0.15) is 11.8 Å². The van der Waals surface area contributed by atoms with Gasteiger partial charge in [-0.05, 0) is 19.3 Å². The maximum atomic E-state index is 5.02. The number of nitrogens with zero attached hydrogens (tertiary/aromatic N) is 1. The van der Waals surface area contributed by atoms with Gasteiger partial charge in [0.2, 0.25) is 0 Å². The second kappa shape index (κ2) is 7.03. The van der Waals surface area contributed by atoms with Crippen LogP contribution in [0, 0.1) is 0 Å². The Morgan fingerprint density at radius 1 is 1.25 bits per heavy atom. The van der Waals surface area contributed by atoms with Crippen LogP contribution in [0.15, 0.2) is 0 Å². The summed E-state index contributed by atoms with van der Waals surface area (Å²) in [7, 11) is 0. The lowest BCUT2D eigenvalue weighted by atomic mass is 10.2. The minimum Gasteiger partial charge on any atom is -0.309 e. The van der Waals surface area contributed by atoms with E-state index >= 15 is 0 Å². The van der Waals surface area contributed by atoms with E-state index in [9.17, 15) is 0 Å². The maximum Gasteiger partial charge on any atom is 0.107 e. The van der Waals surface area contributed by atoms with Crippen LogP contribution >= 0.6 is 34.9 Å². The zero-order chi connectivity index (χ0) is 13.9. The van der Waals surface area contributed by atoms with Crippen LogP contribution in [0.1, 0.15) is 53.9 Å². The van der Waals surface area contributed by atoms with Crippen LogP contribution in [0.5, 0.6) is 0 Å². The number of rotatable bonds is 6. The van der Waals surface area contributed by atoms with Gasteiger partial charge < -0.3 is 5.32 Å². The summed E-state index contributed by atoms with van der Waals surface area (Å²) in [4.78, 5) is 6.51. The Morgan fingerprint density at radius 3 is 2.75 bits per heavy atom. The summed E-state index contributed by atoms with van der Waals surface area (Å²) in [6.07, 6.45) is 5.06. The highest BCUT2D eigenvalue weighted by atomic mass is 32.2. The molecule has 2 heterocycles. The molecule has 0 radical (unpaired) electrons. The second-order valence-corrected chi connectivity index (χ2v) is 9.54. The summed E-state index contributed by atoms with van der Waals surface area (Å²) in [6.45, 7) is 5.66. The van der Waals surface area contributed by atoms with E-state index in [-0.39, 0.29) is 0 Å². The molecule has 1 saturated heterocycles. The molecule has 0 spiro atoms. The Kier molecular flexibility index (Phi) is 5.34. The molecule has 2 atom stereocenters. The molecule has 0 bridgehead atoms. The molecule has 3 rings (SSSR count). The molecule has 112 valence electrons. The number of thioether (sulfide) groups is 2. The Labute approximate surface area is 134 Å². The average Bonchev–Trinajstić information content (AvgIpc) is 3.19. The monoisotopic (exact) mass is 328 g/mol. The van der Waals surface area contributed by atoms with Crippen molar-refractivity contribution >= 4 is 34.9 Å². The van der Waals surface area contributed by atoms with Crippen LogP contribution in [0.4, 0.5) is 0 Å². The van der Waals surface area contributed by atoms with Gasteiger partial charge in [-0.1, -0.05) is 20.3 Å². The molecule has 1 aliphatic heterocycles. The van der Waals surface area contributed by atoms with E-state index in [0.717, 1.165) is 19.0 Å². The van der Waals surface area contributed by atoms with Crippen molar-refractivity contribution in [2.75, 3.05) is 11.5 Å². The molecular weight excluding hydrogens is 304 g/mol. The van der Waals surface area contributed by atoms with E-state index < -0.39 is 0 Å². The molecule has 2 aliphatic rings. The van der Waals surface area contributed by atoms with Crippen LogP contribution in [-0.4, -0.2) is 27.8 Å². The highest BCUT2D eigenvalue weighted by molar-refractivity contribution is 8.06. The van der Waals surface area contributed by atoms with Crippen LogP contribution in [0.3, 0.4) is 0 Å². The van der Waals surface area contributed by atoms with Crippen LogP contribution < -0.4 is 5.32 Å². The third kappa shape index (κ3) is 3.73. The topological polar surface area (TPSA) is 24.9 Å². The van der Waals surface area contributed by atoms with Crippen molar-refractivity contribution in [3.8, 4) is 0 Å². The zero-order valence-electron chi connectivity index (χ0n) is 12.4. The smallest absolute Gasteiger partial charge is 0.107 e. The molecule has 1 aromatic heterocycles. The summed E-state index contributed by atoms with van der Waals surface area (Å²) in [5.41, 5.74) is 1.36. The minimum atomic E-state index is 0.615. The molecule has 2 unspecified atom stereocenters. The van der Waals surface area contributed by atoms with Gasteiger partial charge in [-0.3, -0.25) is 0 Å². The van der Waals surface area contributed by atoms with Gasteiger partial charge in [-0.15, -0.1) is 23.1 Å². The highest BCUT2D eigenvalue weighted by Crippen LogP contribution is 2.44. The first kappa shape index (κ1) is 15.2. The number of hydrogen-bond donors (Lipinski definition) is 1. The van der Waals surface area contributed by atoms with Gasteiger partial charge in [0.1, 0.15) is 5.01 Å².